The van der Waals surface area contributed by atoms with Crippen LogP contribution in [0.5, 0.6) is 0 Å². The highest BCUT2D eigenvalue weighted by Gasteiger charge is 2.15. The van der Waals surface area contributed by atoms with Crippen molar-refractivity contribution >= 4 is 21.6 Å². The van der Waals surface area contributed by atoms with Gasteiger partial charge in [-0.1, -0.05) is 35.8 Å². The molecule has 2 rings (SSSR count). The van der Waals surface area contributed by atoms with Gasteiger partial charge in [-0.25, -0.2) is 0 Å². The van der Waals surface area contributed by atoms with Crippen LogP contribution in [0.3, 0.4) is 0 Å². The van der Waals surface area contributed by atoms with Crippen molar-refractivity contribution in [3.05, 3.63) is 28.2 Å². The molecule has 0 amide bonds. The molecule has 1 aliphatic heterocycles. The van der Waals surface area contributed by atoms with E-state index in [1.54, 1.807) is 0 Å². The Hall–Kier alpha value is -0.540. The predicted octanol–water partition coefficient (Wildman–Crippen LogP) is 3.55. The van der Waals surface area contributed by atoms with Crippen molar-refractivity contribution < 1.29 is 0 Å². The van der Waals surface area contributed by atoms with E-state index in [9.17, 15) is 0 Å². The van der Waals surface area contributed by atoms with Crippen LogP contribution in [0.1, 0.15) is 32.3 Å². The van der Waals surface area contributed by atoms with Gasteiger partial charge in [0.15, 0.2) is 0 Å². The largest absolute Gasteiger partial charge is 0.371 e. The smallest absolute Gasteiger partial charge is 0.0423 e. The van der Waals surface area contributed by atoms with Crippen LogP contribution in [-0.4, -0.2) is 19.1 Å². The van der Waals surface area contributed by atoms with Gasteiger partial charge in [0.25, 0.3) is 0 Å². The number of halogens is 1. The summed E-state index contributed by atoms with van der Waals surface area (Å²) in [5.41, 5.74) is 2.80. The van der Waals surface area contributed by atoms with Gasteiger partial charge in [0, 0.05) is 35.8 Å². The lowest BCUT2D eigenvalue weighted by molar-refractivity contribution is 0.588. The van der Waals surface area contributed by atoms with Crippen molar-refractivity contribution in [2.24, 2.45) is 0 Å². The van der Waals surface area contributed by atoms with Gasteiger partial charge in [0.2, 0.25) is 0 Å². The van der Waals surface area contributed by atoms with Gasteiger partial charge in [0.1, 0.15) is 0 Å². The number of anilines is 1. The fraction of sp³-hybridized carbons (Fsp3) is 0.571. The summed E-state index contributed by atoms with van der Waals surface area (Å²) >= 11 is 3.58. The molecule has 1 N–H and O–H groups in total. The van der Waals surface area contributed by atoms with E-state index in [4.69, 9.17) is 0 Å². The van der Waals surface area contributed by atoms with E-state index in [0.29, 0.717) is 6.04 Å². The minimum atomic E-state index is 0.532. The molecule has 0 unspecified atom stereocenters. The summed E-state index contributed by atoms with van der Waals surface area (Å²) in [5.74, 6) is 0. The van der Waals surface area contributed by atoms with E-state index < -0.39 is 0 Å². The SMILES string of the molecule is CC(C)NCc1ccc(Br)cc1N1CCCC1. The first-order valence-corrected chi connectivity index (χ1v) is 7.23. The zero-order chi connectivity index (χ0) is 12.3. The zero-order valence-electron chi connectivity index (χ0n) is 10.7. The van der Waals surface area contributed by atoms with Crippen molar-refractivity contribution in [2.45, 2.75) is 39.3 Å². The zero-order valence-corrected chi connectivity index (χ0v) is 12.3. The number of nitrogens with zero attached hydrogens (tertiary/aromatic N) is 1. The van der Waals surface area contributed by atoms with Crippen molar-refractivity contribution in [3.63, 3.8) is 0 Å². The lowest BCUT2D eigenvalue weighted by Gasteiger charge is -2.22. The van der Waals surface area contributed by atoms with Crippen molar-refractivity contribution in [3.8, 4) is 0 Å². The highest BCUT2D eigenvalue weighted by molar-refractivity contribution is 9.10. The molecule has 0 aromatic heterocycles. The van der Waals surface area contributed by atoms with Gasteiger partial charge in [0.05, 0.1) is 0 Å². The molecular formula is C14H21BrN2. The van der Waals surface area contributed by atoms with Crippen molar-refractivity contribution in [2.75, 3.05) is 18.0 Å². The summed E-state index contributed by atoms with van der Waals surface area (Å²) in [4.78, 5) is 2.50. The molecule has 94 valence electrons. The number of benzene rings is 1. The molecule has 0 aliphatic carbocycles. The minimum absolute atomic E-state index is 0.532. The van der Waals surface area contributed by atoms with Crippen molar-refractivity contribution in [1.82, 2.24) is 5.32 Å². The monoisotopic (exact) mass is 296 g/mol. The first-order valence-electron chi connectivity index (χ1n) is 6.43. The highest BCUT2D eigenvalue weighted by atomic mass is 79.9. The van der Waals surface area contributed by atoms with Gasteiger partial charge >= 0.3 is 0 Å². The van der Waals surface area contributed by atoms with Crippen LogP contribution >= 0.6 is 15.9 Å². The summed E-state index contributed by atoms with van der Waals surface area (Å²) in [6.45, 7) is 7.73. The summed E-state index contributed by atoms with van der Waals surface area (Å²) in [7, 11) is 0. The van der Waals surface area contributed by atoms with Crippen LogP contribution in [-0.2, 0) is 6.54 Å². The van der Waals surface area contributed by atoms with Crippen LogP contribution in [0.15, 0.2) is 22.7 Å². The van der Waals surface area contributed by atoms with Crippen LogP contribution in [0.4, 0.5) is 5.69 Å². The second-order valence-corrected chi connectivity index (χ2v) is 5.92. The average Bonchev–Trinajstić information content (AvgIpc) is 2.80. The minimum Gasteiger partial charge on any atom is -0.371 e. The van der Waals surface area contributed by atoms with E-state index in [-0.39, 0.29) is 0 Å². The molecule has 1 aromatic rings. The molecule has 1 aliphatic rings. The second kappa shape index (κ2) is 5.87. The normalized spacial score (nSPS) is 15.9. The molecule has 1 heterocycles. The van der Waals surface area contributed by atoms with E-state index in [2.05, 4.69) is 58.2 Å². The Kier molecular flexibility index (Phi) is 4.46. The Morgan fingerprint density at radius 3 is 2.65 bits per heavy atom. The Morgan fingerprint density at radius 2 is 2.00 bits per heavy atom. The molecule has 0 atom stereocenters. The van der Waals surface area contributed by atoms with E-state index in [0.717, 1.165) is 6.54 Å². The van der Waals surface area contributed by atoms with E-state index in [1.165, 1.54) is 41.7 Å². The number of hydrogen-bond donors (Lipinski definition) is 1. The van der Waals surface area contributed by atoms with Crippen LogP contribution in [0.25, 0.3) is 0 Å². The Morgan fingerprint density at radius 1 is 1.29 bits per heavy atom. The van der Waals surface area contributed by atoms with E-state index >= 15 is 0 Å². The molecule has 3 heteroatoms. The lowest BCUT2D eigenvalue weighted by atomic mass is 10.1. The maximum Gasteiger partial charge on any atom is 0.0423 e. The van der Waals surface area contributed by atoms with Gasteiger partial charge in [-0.05, 0) is 30.5 Å². The molecule has 0 bridgehead atoms. The molecule has 0 saturated carbocycles. The van der Waals surface area contributed by atoms with Crippen LogP contribution in [0, 0.1) is 0 Å². The summed E-state index contributed by atoms with van der Waals surface area (Å²) in [6, 6.07) is 7.15. The number of hydrogen-bond acceptors (Lipinski definition) is 2. The fourth-order valence-corrected chi connectivity index (χ4v) is 2.60. The first kappa shape index (κ1) is 12.9. The lowest BCUT2D eigenvalue weighted by Crippen LogP contribution is -2.25. The summed E-state index contributed by atoms with van der Waals surface area (Å²) in [5, 5.41) is 3.50. The molecule has 2 nitrogen and oxygen atoms in total. The molecular weight excluding hydrogens is 276 g/mol. The van der Waals surface area contributed by atoms with Gasteiger partial charge in [-0.3, -0.25) is 0 Å². The van der Waals surface area contributed by atoms with Crippen LogP contribution in [0.2, 0.25) is 0 Å². The Bertz CT molecular complexity index is 370. The average molecular weight is 297 g/mol. The Labute approximate surface area is 113 Å². The summed E-state index contributed by atoms with van der Waals surface area (Å²) < 4.78 is 1.17. The maximum atomic E-state index is 3.58. The third-order valence-corrected chi connectivity index (χ3v) is 3.69. The maximum absolute atomic E-state index is 3.58. The summed E-state index contributed by atoms with van der Waals surface area (Å²) in [6.07, 6.45) is 2.65. The van der Waals surface area contributed by atoms with Gasteiger partial charge in [-0.2, -0.15) is 0 Å². The standard InChI is InChI=1S/C14H21BrN2/c1-11(2)16-10-12-5-6-13(15)9-14(12)17-7-3-4-8-17/h5-6,9,11,16H,3-4,7-8,10H2,1-2H3. The topological polar surface area (TPSA) is 15.3 Å². The highest BCUT2D eigenvalue weighted by Crippen LogP contribution is 2.28. The third kappa shape index (κ3) is 3.46. The molecule has 1 aromatic carbocycles. The first-order chi connectivity index (χ1) is 8.16. The molecule has 0 spiro atoms. The quantitative estimate of drug-likeness (QED) is 0.914. The van der Waals surface area contributed by atoms with Gasteiger partial charge in [-0.15, -0.1) is 0 Å². The van der Waals surface area contributed by atoms with Crippen molar-refractivity contribution in [1.29, 1.82) is 0 Å². The number of nitrogens with one attached hydrogen (secondary N) is 1. The molecule has 1 fully saturated rings. The fourth-order valence-electron chi connectivity index (χ4n) is 2.25. The molecule has 17 heavy (non-hydrogen) atoms. The van der Waals surface area contributed by atoms with E-state index in [1.807, 2.05) is 0 Å². The number of rotatable bonds is 4. The Balaban J connectivity index is 2.17. The van der Waals surface area contributed by atoms with Gasteiger partial charge < -0.3 is 10.2 Å². The molecule has 1 saturated heterocycles. The molecule has 0 radical (unpaired) electrons. The predicted molar refractivity (Wildman–Crippen MR) is 77.6 cm³/mol. The second-order valence-electron chi connectivity index (χ2n) is 5.00. The third-order valence-electron chi connectivity index (χ3n) is 3.19. The van der Waals surface area contributed by atoms with Crippen LogP contribution < -0.4 is 10.2 Å².